The summed E-state index contributed by atoms with van der Waals surface area (Å²) in [5.41, 5.74) is 1.51. The Bertz CT molecular complexity index is 1060. The van der Waals surface area contributed by atoms with Gasteiger partial charge in [0.15, 0.2) is 0 Å². The van der Waals surface area contributed by atoms with E-state index in [9.17, 15) is 14.7 Å². The second kappa shape index (κ2) is 9.93. The number of nitrogens with one attached hydrogen (secondary N) is 2. The molecular formula is C24H22N2O4. The molecule has 2 amide bonds. The molecular weight excluding hydrogens is 380 g/mol. The molecule has 0 heterocycles. The fourth-order valence-corrected chi connectivity index (χ4v) is 2.77. The lowest BCUT2D eigenvalue weighted by molar-refractivity contribution is -0.113. The van der Waals surface area contributed by atoms with E-state index in [1.807, 2.05) is 19.1 Å². The maximum Gasteiger partial charge on any atom is 0.272 e. The van der Waals surface area contributed by atoms with Crippen molar-refractivity contribution >= 4 is 23.6 Å². The first-order valence-corrected chi connectivity index (χ1v) is 9.47. The molecule has 0 aromatic heterocycles. The molecule has 0 fully saturated rings. The molecule has 0 atom stereocenters. The molecule has 30 heavy (non-hydrogen) atoms. The Morgan fingerprint density at radius 3 is 2.43 bits per heavy atom. The largest absolute Gasteiger partial charge is 0.508 e. The van der Waals surface area contributed by atoms with Gasteiger partial charge in [0.05, 0.1) is 6.61 Å². The van der Waals surface area contributed by atoms with Crippen LogP contribution in [0, 0.1) is 0 Å². The van der Waals surface area contributed by atoms with Gasteiger partial charge in [0.2, 0.25) is 0 Å². The highest BCUT2D eigenvalue weighted by Gasteiger charge is 2.16. The minimum absolute atomic E-state index is 0.0216. The van der Waals surface area contributed by atoms with Crippen LogP contribution in [0.15, 0.2) is 84.6 Å². The lowest BCUT2D eigenvalue weighted by atomic mass is 10.1. The second-order valence-corrected chi connectivity index (χ2v) is 6.35. The van der Waals surface area contributed by atoms with Gasteiger partial charge in [-0.05, 0) is 43.3 Å². The molecule has 0 aliphatic carbocycles. The Labute approximate surface area is 174 Å². The summed E-state index contributed by atoms with van der Waals surface area (Å²) in [4.78, 5) is 25.6. The van der Waals surface area contributed by atoms with Gasteiger partial charge in [0.1, 0.15) is 17.2 Å². The van der Waals surface area contributed by atoms with Crippen molar-refractivity contribution in [1.29, 1.82) is 0 Å². The van der Waals surface area contributed by atoms with E-state index >= 15 is 0 Å². The van der Waals surface area contributed by atoms with Crippen molar-refractivity contribution in [3.63, 3.8) is 0 Å². The van der Waals surface area contributed by atoms with Crippen molar-refractivity contribution in [2.45, 2.75) is 6.92 Å². The second-order valence-electron chi connectivity index (χ2n) is 6.35. The number of benzene rings is 3. The van der Waals surface area contributed by atoms with E-state index in [0.29, 0.717) is 29.2 Å². The van der Waals surface area contributed by atoms with Gasteiger partial charge in [0, 0.05) is 22.9 Å². The molecule has 6 nitrogen and oxygen atoms in total. The molecule has 6 heteroatoms. The number of hydrogen-bond acceptors (Lipinski definition) is 4. The highest BCUT2D eigenvalue weighted by Crippen LogP contribution is 2.22. The fraction of sp³-hybridized carbons (Fsp3) is 0.0833. The summed E-state index contributed by atoms with van der Waals surface area (Å²) in [7, 11) is 0. The normalized spacial score (nSPS) is 10.9. The number of carbonyl (C=O) groups is 2. The number of para-hydroxylation sites is 1. The van der Waals surface area contributed by atoms with Crippen molar-refractivity contribution in [2.24, 2.45) is 0 Å². The van der Waals surface area contributed by atoms with E-state index in [1.165, 1.54) is 12.1 Å². The average molecular weight is 402 g/mol. The van der Waals surface area contributed by atoms with E-state index < -0.39 is 11.8 Å². The number of carbonyl (C=O) groups excluding carboxylic acids is 2. The Hall–Kier alpha value is -4.06. The van der Waals surface area contributed by atoms with Gasteiger partial charge in [-0.25, -0.2) is 0 Å². The topological polar surface area (TPSA) is 87.7 Å². The highest BCUT2D eigenvalue weighted by molar-refractivity contribution is 6.10. The lowest BCUT2D eigenvalue weighted by Gasteiger charge is -2.13. The maximum atomic E-state index is 12.9. The molecule has 0 radical (unpaired) electrons. The third kappa shape index (κ3) is 5.48. The molecule has 3 N–H and O–H groups in total. The third-order valence-electron chi connectivity index (χ3n) is 4.15. The lowest BCUT2D eigenvalue weighted by Crippen LogP contribution is -2.30. The molecule has 0 spiro atoms. The predicted octanol–water partition coefficient (Wildman–Crippen LogP) is 4.20. The zero-order valence-corrected chi connectivity index (χ0v) is 16.5. The van der Waals surface area contributed by atoms with Crippen molar-refractivity contribution in [3.05, 3.63) is 95.7 Å². The van der Waals surface area contributed by atoms with Crippen LogP contribution >= 0.6 is 0 Å². The van der Waals surface area contributed by atoms with Gasteiger partial charge in [-0.15, -0.1) is 0 Å². The number of rotatable bonds is 7. The highest BCUT2D eigenvalue weighted by atomic mass is 16.5. The van der Waals surface area contributed by atoms with Crippen molar-refractivity contribution in [3.8, 4) is 11.5 Å². The summed E-state index contributed by atoms with van der Waals surface area (Å²) < 4.78 is 5.62. The summed E-state index contributed by atoms with van der Waals surface area (Å²) in [5, 5.41) is 15.0. The molecule has 0 saturated carbocycles. The first-order chi connectivity index (χ1) is 14.6. The summed E-state index contributed by atoms with van der Waals surface area (Å²) in [6, 6.07) is 22.0. The van der Waals surface area contributed by atoms with Crippen LogP contribution in [-0.2, 0) is 4.79 Å². The SMILES string of the molecule is CCOc1ccccc1/C=C(/NC(=O)c1ccccc1)C(=O)Nc1cccc(O)c1. The molecule has 3 rings (SSSR count). The van der Waals surface area contributed by atoms with E-state index in [0.717, 1.165) is 0 Å². The monoisotopic (exact) mass is 402 g/mol. The molecule has 152 valence electrons. The first kappa shape index (κ1) is 20.7. The van der Waals surface area contributed by atoms with Gasteiger partial charge in [-0.3, -0.25) is 9.59 Å². The van der Waals surface area contributed by atoms with E-state index in [1.54, 1.807) is 60.7 Å². The number of phenolic OH excluding ortho intramolecular Hbond substituents is 1. The van der Waals surface area contributed by atoms with Gasteiger partial charge in [0.25, 0.3) is 11.8 Å². The van der Waals surface area contributed by atoms with Gasteiger partial charge < -0.3 is 20.5 Å². The minimum Gasteiger partial charge on any atom is -0.508 e. The molecule has 0 bridgehead atoms. The molecule has 0 unspecified atom stereocenters. The quantitative estimate of drug-likeness (QED) is 0.517. The summed E-state index contributed by atoms with van der Waals surface area (Å²) in [6.07, 6.45) is 1.56. The molecule has 0 saturated heterocycles. The van der Waals surface area contributed by atoms with Crippen LogP contribution in [0.25, 0.3) is 6.08 Å². The summed E-state index contributed by atoms with van der Waals surface area (Å²) in [5.74, 6) is -0.331. The number of phenols is 1. The maximum absolute atomic E-state index is 12.9. The Morgan fingerprint density at radius 1 is 0.967 bits per heavy atom. The average Bonchev–Trinajstić information content (AvgIpc) is 2.75. The third-order valence-corrected chi connectivity index (χ3v) is 4.15. The first-order valence-electron chi connectivity index (χ1n) is 9.47. The number of aromatic hydroxyl groups is 1. The summed E-state index contributed by atoms with van der Waals surface area (Å²) in [6.45, 7) is 2.33. The van der Waals surface area contributed by atoms with Crippen LogP contribution in [0.4, 0.5) is 5.69 Å². The number of hydrogen-bond donors (Lipinski definition) is 3. The zero-order chi connectivity index (χ0) is 21.3. The standard InChI is InChI=1S/C24H22N2O4/c1-2-30-22-14-7-6-11-18(22)15-21(26-23(28)17-9-4-3-5-10-17)24(29)25-19-12-8-13-20(27)16-19/h3-16,27H,2H2,1H3,(H,25,29)(H,26,28)/b21-15+. The fourth-order valence-electron chi connectivity index (χ4n) is 2.77. The number of amides is 2. The molecule has 0 aliphatic heterocycles. The van der Waals surface area contributed by atoms with Gasteiger partial charge in [-0.2, -0.15) is 0 Å². The number of ether oxygens (including phenoxy) is 1. The Kier molecular flexibility index (Phi) is 6.84. The van der Waals surface area contributed by atoms with Crippen molar-refractivity contribution < 1.29 is 19.4 Å². The molecule has 3 aromatic rings. The Balaban J connectivity index is 1.93. The zero-order valence-electron chi connectivity index (χ0n) is 16.5. The Morgan fingerprint density at radius 2 is 1.70 bits per heavy atom. The smallest absolute Gasteiger partial charge is 0.272 e. The molecule has 0 aliphatic rings. The summed E-state index contributed by atoms with van der Waals surface area (Å²) >= 11 is 0. The van der Waals surface area contributed by atoms with Crippen LogP contribution in [-0.4, -0.2) is 23.5 Å². The minimum atomic E-state index is -0.531. The van der Waals surface area contributed by atoms with Crippen LogP contribution in [0.1, 0.15) is 22.8 Å². The van der Waals surface area contributed by atoms with E-state index in [2.05, 4.69) is 10.6 Å². The van der Waals surface area contributed by atoms with E-state index in [-0.39, 0.29) is 11.4 Å². The number of anilines is 1. The van der Waals surface area contributed by atoms with Crippen molar-refractivity contribution in [2.75, 3.05) is 11.9 Å². The van der Waals surface area contributed by atoms with Crippen molar-refractivity contribution in [1.82, 2.24) is 5.32 Å². The van der Waals surface area contributed by atoms with Crippen LogP contribution in [0.5, 0.6) is 11.5 Å². The molecule has 3 aromatic carbocycles. The van der Waals surface area contributed by atoms with Gasteiger partial charge >= 0.3 is 0 Å². The van der Waals surface area contributed by atoms with Crippen LogP contribution in [0.2, 0.25) is 0 Å². The predicted molar refractivity (Wildman–Crippen MR) is 116 cm³/mol. The van der Waals surface area contributed by atoms with E-state index in [4.69, 9.17) is 4.74 Å². The van der Waals surface area contributed by atoms with Crippen LogP contribution in [0.3, 0.4) is 0 Å². The van der Waals surface area contributed by atoms with Crippen LogP contribution < -0.4 is 15.4 Å². The van der Waals surface area contributed by atoms with Gasteiger partial charge in [-0.1, -0.05) is 42.5 Å².